The van der Waals surface area contributed by atoms with E-state index in [-0.39, 0.29) is 0 Å². The molecule has 16 rings (SSSR count). The van der Waals surface area contributed by atoms with E-state index in [0.29, 0.717) is 5.82 Å². The number of pyridine rings is 2. The third-order valence-corrected chi connectivity index (χ3v) is 16.1. The number of aromatic nitrogens is 4. The molecule has 3 aromatic heterocycles. The summed E-state index contributed by atoms with van der Waals surface area (Å²) in [7, 11) is 0. The van der Waals surface area contributed by atoms with Crippen molar-refractivity contribution in [1.29, 1.82) is 0 Å². The van der Waals surface area contributed by atoms with Crippen molar-refractivity contribution in [2.24, 2.45) is 0 Å². The molecule has 4 nitrogen and oxygen atoms in total. The lowest BCUT2D eigenvalue weighted by molar-refractivity contribution is 1.23. The molecule has 360 valence electrons. The van der Waals surface area contributed by atoms with Gasteiger partial charge in [0.1, 0.15) is 0 Å². The zero-order valence-corrected chi connectivity index (χ0v) is 42.2. The molecule has 13 aromatic carbocycles. The molecule has 0 N–H and O–H groups in total. The monoisotopic (exact) mass is 988 g/mol. The Balaban J connectivity index is 0.955. The molecule has 0 aliphatic heterocycles. The lowest BCUT2D eigenvalue weighted by atomic mass is 9.88. The highest BCUT2D eigenvalue weighted by Crippen LogP contribution is 2.44. The molecule has 0 saturated heterocycles. The Morgan fingerprint density at radius 3 is 1.09 bits per heavy atom. The lowest BCUT2D eigenvalue weighted by Gasteiger charge is -2.17. The smallest absolute Gasteiger partial charge is 0.160 e. The number of rotatable bonds is 6. The Hall–Kier alpha value is -10.4. The maximum Gasteiger partial charge on any atom is 0.160 e. The topological polar surface area (TPSA) is 51.6 Å². The molecule has 0 bridgehead atoms. The molecule has 3 heterocycles. The van der Waals surface area contributed by atoms with Gasteiger partial charge in [-0.15, -0.1) is 0 Å². The fourth-order valence-corrected chi connectivity index (χ4v) is 12.2. The van der Waals surface area contributed by atoms with Crippen LogP contribution < -0.4 is 0 Å². The van der Waals surface area contributed by atoms with Crippen LogP contribution in [0.25, 0.3) is 164 Å². The SMILES string of the molecule is c1ccc2ncc(-c3ccc(-c4nc(-c5ccc(-c6cnc7ccccc7c6)cc5)c5cc(-c6ccc7c8ccccc8c8ccccc8c7c6)cc(-c6ccc7c8ccccc8c8ccccc8c7c6)c5n4)cc3)cc2c1. The third kappa shape index (κ3) is 7.15. The first kappa shape index (κ1) is 43.9. The molecule has 0 aliphatic rings. The molecule has 0 radical (unpaired) electrons. The van der Waals surface area contributed by atoms with Crippen LogP contribution in [0.15, 0.2) is 267 Å². The predicted molar refractivity (Wildman–Crippen MR) is 328 cm³/mol. The van der Waals surface area contributed by atoms with E-state index in [1.54, 1.807) is 0 Å². The minimum Gasteiger partial charge on any atom is -0.256 e. The van der Waals surface area contributed by atoms with Gasteiger partial charge in [0.25, 0.3) is 0 Å². The molecule has 0 spiro atoms. The van der Waals surface area contributed by atoms with Gasteiger partial charge in [-0.25, -0.2) is 9.97 Å². The van der Waals surface area contributed by atoms with E-state index >= 15 is 0 Å². The van der Waals surface area contributed by atoms with Crippen LogP contribution >= 0.6 is 0 Å². The second-order valence-electron chi connectivity index (χ2n) is 20.5. The number of hydrogen-bond acceptors (Lipinski definition) is 4. The first-order valence-electron chi connectivity index (χ1n) is 26.6. The normalized spacial score (nSPS) is 11.8. The Morgan fingerprint density at radius 1 is 0.218 bits per heavy atom. The van der Waals surface area contributed by atoms with Gasteiger partial charge >= 0.3 is 0 Å². The highest BCUT2D eigenvalue weighted by Gasteiger charge is 2.20. The molecule has 16 aromatic rings. The number of fused-ring (bicyclic) bond motifs is 15. The van der Waals surface area contributed by atoms with Gasteiger partial charge in [-0.3, -0.25) is 9.97 Å². The molecule has 78 heavy (non-hydrogen) atoms. The van der Waals surface area contributed by atoms with Crippen molar-refractivity contribution in [2.75, 3.05) is 0 Å². The van der Waals surface area contributed by atoms with Crippen molar-refractivity contribution in [3.8, 4) is 67.2 Å². The van der Waals surface area contributed by atoms with E-state index < -0.39 is 0 Å². The van der Waals surface area contributed by atoms with Gasteiger partial charge in [0, 0.05) is 56.4 Å². The van der Waals surface area contributed by atoms with Gasteiger partial charge in [-0.1, -0.05) is 206 Å². The second-order valence-corrected chi connectivity index (χ2v) is 20.5. The molecule has 0 amide bonds. The van der Waals surface area contributed by atoms with Crippen LogP contribution in [0.5, 0.6) is 0 Å². The number of para-hydroxylation sites is 2. The van der Waals surface area contributed by atoms with Gasteiger partial charge in [-0.05, 0) is 141 Å². The second kappa shape index (κ2) is 17.6. The molecular formula is C74H44N4. The van der Waals surface area contributed by atoms with Gasteiger partial charge in [0.2, 0.25) is 0 Å². The molecule has 0 aliphatic carbocycles. The van der Waals surface area contributed by atoms with Gasteiger partial charge in [0.05, 0.1) is 22.2 Å². The number of hydrogen-bond donors (Lipinski definition) is 0. The molecule has 0 unspecified atom stereocenters. The van der Waals surface area contributed by atoms with Crippen molar-refractivity contribution in [1.82, 2.24) is 19.9 Å². The largest absolute Gasteiger partial charge is 0.256 e. The lowest BCUT2D eigenvalue weighted by Crippen LogP contribution is -1.98. The van der Waals surface area contributed by atoms with Crippen molar-refractivity contribution >= 4 is 97.3 Å². The summed E-state index contributed by atoms with van der Waals surface area (Å²) in [4.78, 5) is 20.9. The summed E-state index contributed by atoms with van der Waals surface area (Å²) in [5, 5.41) is 18.0. The van der Waals surface area contributed by atoms with Crippen LogP contribution in [0.4, 0.5) is 0 Å². The highest BCUT2D eigenvalue weighted by atomic mass is 14.9. The van der Waals surface area contributed by atoms with Crippen molar-refractivity contribution < 1.29 is 0 Å². The van der Waals surface area contributed by atoms with Crippen LogP contribution in [0.2, 0.25) is 0 Å². The quantitative estimate of drug-likeness (QED) is 0.156. The summed E-state index contributed by atoms with van der Waals surface area (Å²) < 4.78 is 0. The third-order valence-electron chi connectivity index (χ3n) is 16.1. The molecular weight excluding hydrogens is 945 g/mol. The summed E-state index contributed by atoms with van der Waals surface area (Å²) in [6, 6.07) is 92.3. The maximum absolute atomic E-state index is 5.67. The van der Waals surface area contributed by atoms with Crippen LogP contribution in [0, 0.1) is 0 Å². The standard InChI is InChI=1S/C74H44N4/c1-11-23-70-51(13-1)37-54(43-75-70)45-25-29-47(30-26-45)72-69-42-53(49-33-35-64-60-19-5-3-15-56(60)58-17-7-9-21-62(58)67(64)39-49)41-66(50-34-36-65-61-20-6-4-16-57(61)59-18-8-10-22-63(59)68(65)40-50)73(69)78-74(77-72)48-31-27-46(28-32-48)55-38-52-14-2-12-24-71(52)76-44-55/h1-44H. The minimum atomic E-state index is 0.652. The van der Waals surface area contributed by atoms with Crippen LogP contribution in [0.3, 0.4) is 0 Å². The van der Waals surface area contributed by atoms with Gasteiger partial charge in [0.15, 0.2) is 5.82 Å². The summed E-state index contributed by atoms with van der Waals surface area (Å²) in [6.45, 7) is 0. The van der Waals surface area contributed by atoms with Crippen molar-refractivity contribution in [2.45, 2.75) is 0 Å². The summed E-state index contributed by atoms with van der Waals surface area (Å²) >= 11 is 0. The Bertz CT molecular complexity index is 5070. The first-order chi connectivity index (χ1) is 38.6. The average Bonchev–Trinajstić information content (AvgIpc) is 3.67. The van der Waals surface area contributed by atoms with Crippen LogP contribution in [-0.4, -0.2) is 19.9 Å². The number of nitrogens with zero attached hydrogens (tertiary/aromatic N) is 4. The Kier molecular flexibility index (Phi) is 9.91. The van der Waals surface area contributed by atoms with Gasteiger partial charge < -0.3 is 0 Å². The Morgan fingerprint density at radius 2 is 0.590 bits per heavy atom. The maximum atomic E-state index is 5.67. The minimum absolute atomic E-state index is 0.652. The van der Waals surface area contributed by atoms with E-state index in [4.69, 9.17) is 19.9 Å². The molecule has 0 fully saturated rings. The fourth-order valence-electron chi connectivity index (χ4n) is 12.2. The van der Waals surface area contributed by atoms with Crippen molar-refractivity contribution in [3.05, 3.63) is 267 Å². The zero-order chi connectivity index (χ0) is 51.3. The zero-order valence-electron chi connectivity index (χ0n) is 42.2. The first-order valence-corrected chi connectivity index (χ1v) is 26.6. The van der Waals surface area contributed by atoms with E-state index in [1.807, 2.05) is 24.5 Å². The van der Waals surface area contributed by atoms with E-state index in [0.717, 1.165) is 94.0 Å². The summed E-state index contributed by atoms with van der Waals surface area (Å²) in [6.07, 6.45) is 3.93. The summed E-state index contributed by atoms with van der Waals surface area (Å²) in [5.74, 6) is 0.652. The Labute approximate surface area is 449 Å². The predicted octanol–water partition coefficient (Wildman–Crippen LogP) is 19.6. The fraction of sp³-hybridized carbons (Fsp3) is 0. The molecule has 4 heteroatoms. The molecule has 0 saturated carbocycles. The average molecular weight is 989 g/mol. The van der Waals surface area contributed by atoms with Gasteiger partial charge in [-0.2, -0.15) is 0 Å². The highest BCUT2D eigenvalue weighted by molar-refractivity contribution is 6.27. The van der Waals surface area contributed by atoms with Crippen molar-refractivity contribution in [3.63, 3.8) is 0 Å². The van der Waals surface area contributed by atoms with E-state index in [9.17, 15) is 0 Å². The van der Waals surface area contributed by atoms with Crippen LogP contribution in [-0.2, 0) is 0 Å². The van der Waals surface area contributed by atoms with E-state index in [2.05, 4.69) is 243 Å². The van der Waals surface area contributed by atoms with E-state index in [1.165, 1.54) is 64.6 Å². The molecule has 0 atom stereocenters. The number of benzene rings is 13. The summed E-state index contributed by atoms with van der Waals surface area (Å²) in [5.41, 5.74) is 14.2. The van der Waals surface area contributed by atoms with Crippen LogP contribution in [0.1, 0.15) is 0 Å².